The summed E-state index contributed by atoms with van der Waals surface area (Å²) in [5.74, 6) is 0.691. The van der Waals surface area contributed by atoms with Gasteiger partial charge in [0.1, 0.15) is 16.5 Å². The van der Waals surface area contributed by atoms with E-state index in [0.29, 0.717) is 11.7 Å². The first-order valence-electron chi connectivity index (χ1n) is 9.05. The van der Waals surface area contributed by atoms with Crippen LogP contribution in [0.2, 0.25) is 0 Å². The van der Waals surface area contributed by atoms with Crippen molar-refractivity contribution in [3.63, 3.8) is 0 Å². The summed E-state index contributed by atoms with van der Waals surface area (Å²) in [5.41, 5.74) is 3.27. The predicted octanol–water partition coefficient (Wildman–Crippen LogP) is 4.91. The SMILES string of the molecule is CCOc1ccc(-c2nc(CC(=O)Nc3nc(-c4ccccn4)cs3)cs2)cc1. The summed E-state index contributed by atoms with van der Waals surface area (Å²) in [4.78, 5) is 25.7. The van der Waals surface area contributed by atoms with Crippen LogP contribution in [0.3, 0.4) is 0 Å². The average Bonchev–Trinajstić information content (AvgIpc) is 3.39. The lowest BCUT2D eigenvalue weighted by Gasteiger charge is -2.03. The molecule has 0 fully saturated rings. The highest BCUT2D eigenvalue weighted by molar-refractivity contribution is 7.14. The van der Waals surface area contributed by atoms with Gasteiger partial charge in [0.25, 0.3) is 0 Å². The summed E-state index contributed by atoms with van der Waals surface area (Å²) in [7, 11) is 0. The molecule has 8 heteroatoms. The summed E-state index contributed by atoms with van der Waals surface area (Å²) >= 11 is 2.90. The predicted molar refractivity (Wildman–Crippen MR) is 116 cm³/mol. The first-order chi connectivity index (χ1) is 14.2. The highest BCUT2D eigenvalue weighted by atomic mass is 32.1. The van der Waals surface area contributed by atoms with Crippen LogP contribution in [0.1, 0.15) is 12.6 Å². The molecule has 0 aliphatic heterocycles. The Morgan fingerprint density at radius 2 is 1.90 bits per heavy atom. The number of ether oxygens (including phenoxy) is 1. The molecule has 1 amide bonds. The maximum atomic E-state index is 12.4. The van der Waals surface area contributed by atoms with Gasteiger partial charge in [-0.25, -0.2) is 9.97 Å². The minimum absolute atomic E-state index is 0.143. The number of carbonyl (C=O) groups excluding carboxylic acids is 1. The normalized spacial score (nSPS) is 10.7. The molecule has 0 saturated carbocycles. The zero-order valence-corrected chi connectivity index (χ0v) is 17.3. The van der Waals surface area contributed by atoms with Gasteiger partial charge in [-0.2, -0.15) is 0 Å². The smallest absolute Gasteiger partial charge is 0.232 e. The van der Waals surface area contributed by atoms with Crippen LogP contribution >= 0.6 is 22.7 Å². The van der Waals surface area contributed by atoms with E-state index in [4.69, 9.17) is 4.74 Å². The number of nitrogens with one attached hydrogen (secondary N) is 1. The lowest BCUT2D eigenvalue weighted by atomic mass is 10.2. The molecule has 3 aromatic heterocycles. The van der Waals surface area contributed by atoms with Crippen molar-refractivity contribution in [2.45, 2.75) is 13.3 Å². The number of carbonyl (C=O) groups is 1. The Balaban J connectivity index is 1.37. The molecule has 1 N–H and O–H groups in total. The van der Waals surface area contributed by atoms with Crippen molar-refractivity contribution in [3.8, 4) is 27.7 Å². The van der Waals surface area contributed by atoms with Crippen LogP contribution in [-0.2, 0) is 11.2 Å². The number of thiazole rings is 2. The van der Waals surface area contributed by atoms with Gasteiger partial charge in [0.15, 0.2) is 5.13 Å². The van der Waals surface area contributed by atoms with Crippen LogP contribution in [0.15, 0.2) is 59.4 Å². The van der Waals surface area contributed by atoms with Gasteiger partial charge in [-0.15, -0.1) is 22.7 Å². The van der Waals surface area contributed by atoms with Crippen molar-refractivity contribution in [1.82, 2.24) is 15.0 Å². The van der Waals surface area contributed by atoms with Crippen molar-refractivity contribution in [2.24, 2.45) is 0 Å². The summed E-state index contributed by atoms with van der Waals surface area (Å²) in [5, 5.41) is 8.06. The van der Waals surface area contributed by atoms with E-state index in [2.05, 4.69) is 20.3 Å². The summed E-state index contributed by atoms with van der Waals surface area (Å²) in [6.45, 7) is 2.59. The minimum atomic E-state index is -0.143. The number of aromatic nitrogens is 3. The maximum Gasteiger partial charge on any atom is 0.232 e. The van der Waals surface area contributed by atoms with E-state index in [9.17, 15) is 4.79 Å². The molecule has 0 saturated heterocycles. The van der Waals surface area contributed by atoms with E-state index in [0.717, 1.165) is 33.4 Å². The average molecular weight is 423 g/mol. The van der Waals surface area contributed by atoms with Crippen molar-refractivity contribution in [1.29, 1.82) is 0 Å². The van der Waals surface area contributed by atoms with Gasteiger partial charge in [0.05, 0.1) is 24.4 Å². The molecule has 6 nitrogen and oxygen atoms in total. The number of nitrogens with zero attached hydrogens (tertiary/aromatic N) is 3. The monoisotopic (exact) mass is 422 g/mol. The van der Waals surface area contributed by atoms with Crippen LogP contribution in [-0.4, -0.2) is 27.5 Å². The Morgan fingerprint density at radius 3 is 2.66 bits per heavy atom. The van der Waals surface area contributed by atoms with Crippen LogP contribution in [0.4, 0.5) is 5.13 Å². The molecule has 3 heterocycles. The zero-order valence-electron chi connectivity index (χ0n) is 15.7. The fourth-order valence-corrected chi connectivity index (χ4v) is 4.22. The molecule has 4 rings (SSSR count). The molecular weight excluding hydrogens is 404 g/mol. The summed E-state index contributed by atoms with van der Waals surface area (Å²) < 4.78 is 5.46. The van der Waals surface area contributed by atoms with Crippen LogP contribution in [0, 0.1) is 0 Å². The highest BCUT2D eigenvalue weighted by Crippen LogP contribution is 2.27. The van der Waals surface area contributed by atoms with Gasteiger partial charge in [-0.3, -0.25) is 9.78 Å². The molecule has 4 aromatic rings. The molecule has 0 radical (unpaired) electrons. The van der Waals surface area contributed by atoms with Crippen molar-refractivity contribution < 1.29 is 9.53 Å². The van der Waals surface area contributed by atoms with E-state index in [1.165, 1.54) is 22.7 Å². The maximum absolute atomic E-state index is 12.4. The first kappa shape index (κ1) is 19.2. The van der Waals surface area contributed by atoms with E-state index in [-0.39, 0.29) is 12.3 Å². The molecule has 1 aromatic carbocycles. The van der Waals surface area contributed by atoms with E-state index in [1.54, 1.807) is 6.20 Å². The molecule has 0 bridgehead atoms. The lowest BCUT2D eigenvalue weighted by molar-refractivity contribution is -0.115. The fourth-order valence-electron chi connectivity index (χ4n) is 2.67. The van der Waals surface area contributed by atoms with Gasteiger partial charge < -0.3 is 10.1 Å². The molecule has 0 unspecified atom stereocenters. The third-order valence-corrected chi connectivity index (χ3v) is 5.68. The molecule has 146 valence electrons. The second kappa shape index (κ2) is 8.93. The van der Waals surface area contributed by atoms with Crippen molar-refractivity contribution in [2.75, 3.05) is 11.9 Å². The van der Waals surface area contributed by atoms with E-state index in [1.807, 2.05) is 60.1 Å². The molecule has 0 spiro atoms. The number of pyridine rings is 1. The van der Waals surface area contributed by atoms with Crippen LogP contribution in [0.5, 0.6) is 5.75 Å². The largest absolute Gasteiger partial charge is 0.494 e. The lowest BCUT2D eigenvalue weighted by Crippen LogP contribution is -2.14. The van der Waals surface area contributed by atoms with Crippen LogP contribution in [0.25, 0.3) is 22.0 Å². The molecule has 29 heavy (non-hydrogen) atoms. The first-order valence-corrected chi connectivity index (χ1v) is 10.8. The van der Waals surface area contributed by atoms with E-state index >= 15 is 0 Å². The van der Waals surface area contributed by atoms with E-state index < -0.39 is 0 Å². The van der Waals surface area contributed by atoms with Crippen LogP contribution < -0.4 is 10.1 Å². The molecule has 0 atom stereocenters. The van der Waals surface area contributed by atoms with Crippen molar-refractivity contribution in [3.05, 3.63) is 65.1 Å². The second-order valence-corrected chi connectivity index (χ2v) is 7.80. The van der Waals surface area contributed by atoms with Gasteiger partial charge in [-0.05, 0) is 43.3 Å². The molecular formula is C21H18N4O2S2. The topological polar surface area (TPSA) is 77.0 Å². The highest BCUT2D eigenvalue weighted by Gasteiger charge is 2.12. The molecule has 0 aliphatic rings. The Bertz CT molecular complexity index is 1090. The van der Waals surface area contributed by atoms with Gasteiger partial charge in [0, 0.05) is 22.5 Å². The Morgan fingerprint density at radius 1 is 1.03 bits per heavy atom. The zero-order chi connectivity index (χ0) is 20.1. The van der Waals surface area contributed by atoms with Gasteiger partial charge in [-0.1, -0.05) is 6.07 Å². The number of hydrogen-bond acceptors (Lipinski definition) is 7. The standard InChI is InChI=1S/C21H18N4O2S2/c1-2-27-16-8-6-14(7-9-16)20-23-15(12-28-20)11-19(26)25-21-24-18(13-29-21)17-5-3-4-10-22-17/h3-10,12-13H,2,11H2,1H3,(H,24,25,26). The molecule has 0 aliphatic carbocycles. The third kappa shape index (κ3) is 4.85. The second-order valence-electron chi connectivity index (χ2n) is 6.08. The Kier molecular flexibility index (Phi) is 5.92. The number of rotatable bonds is 7. The van der Waals surface area contributed by atoms with Gasteiger partial charge in [0.2, 0.25) is 5.91 Å². The number of hydrogen-bond donors (Lipinski definition) is 1. The number of amides is 1. The number of benzene rings is 1. The Labute approximate surface area is 176 Å². The van der Waals surface area contributed by atoms with Gasteiger partial charge >= 0.3 is 0 Å². The summed E-state index contributed by atoms with van der Waals surface area (Å²) in [6.07, 6.45) is 1.92. The quantitative estimate of drug-likeness (QED) is 0.458. The Hall–Kier alpha value is -3.10. The van der Waals surface area contributed by atoms with Crippen molar-refractivity contribution >= 4 is 33.7 Å². The fraction of sp³-hybridized carbons (Fsp3) is 0.143. The number of anilines is 1. The third-order valence-electron chi connectivity index (χ3n) is 3.98. The summed E-state index contributed by atoms with van der Waals surface area (Å²) in [6, 6.07) is 13.4. The minimum Gasteiger partial charge on any atom is -0.494 e.